The number of nitrogens with two attached hydrogens (primary N) is 1. The van der Waals surface area contributed by atoms with Gasteiger partial charge in [0.2, 0.25) is 5.88 Å². The van der Waals surface area contributed by atoms with Crippen molar-refractivity contribution in [3.63, 3.8) is 0 Å². The van der Waals surface area contributed by atoms with Crippen molar-refractivity contribution in [3.8, 4) is 23.3 Å². The normalized spacial score (nSPS) is 14.9. The van der Waals surface area contributed by atoms with Gasteiger partial charge in [-0.3, -0.25) is 4.79 Å². The zero-order chi connectivity index (χ0) is 23.7. The van der Waals surface area contributed by atoms with E-state index < -0.39 is 5.92 Å². The number of allylic oxidation sites excluding steroid dienone is 1. The molecule has 3 N–H and O–H groups in total. The van der Waals surface area contributed by atoms with Gasteiger partial charge in [-0.1, -0.05) is 0 Å². The van der Waals surface area contributed by atoms with Gasteiger partial charge in [0.05, 0.1) is 36.5 Å². The monoisotopic (exact) mass is 511 g/mol. The predicted octanol–water partition coefficient (Wildman–Crippen LogP) is 3.12. The number of hydrogen-bond acceptors (Lipinski definition) is 7. The van der Waals surface area contributed by atoms with Gasteiger partial charge in [0.25, 0.3) is 5.56 Å². The van der Waals surface area contributed by atoms with Gasteiger partial charge in [0.15, 0.2) is 11.5 Å². The minimum atomic E-state index is -0.735. The molecule has 3 aromatic rings. The van der Waals surface area contributed by atoms with Crippen molar-refractivity contribution < 1.29 is 14.2 Å². The van der Waals surface area contributed by atoms with E-state index in [1.807, 2.05) is 6.92 Å². The molecule has 0 bridgehead atoms. The molecule has 0 unspecified atom stereocenters. The van der Waals surface area contributed by atoms with Crippen molar-refractivity contribution >= 4 is 15.9 Å². The van der Waals surface area contributed by atoms with Gasteiger partial charge in [0.1, 0.15) is 17.4 Å². The number of aromatic nitrogens is 3. The van der Waals surface area contributed by atoms with Gasteiger partial charge in [-0.25, -0.2) is 4.98 Å². The van der Waals surface area contributed by atoms with Crippen LogP contribution in [0, 0.1) is 18.3 Å². The molecule has 4 rings (SSSR count). The number of hydrogen-bond donors (Lipinski definition) is 2. The van der Waals surface area contributed by atoms with Gasteiger partial charge >= 0.3 is 0 Å². The van der Waals surface area contributed by atoms with Crippen LogP contribution in [0.5, 0.6) is 17.2 Å². The van der Waals surface area contributed by atoms with Crippen molar-refractivity contribution in [2.24, 2.45) is 5.73 Å². The lowest BCUT2D eigenvalue weighted by Crippen LogP contribution is -2.33. The molecule has 9 nitrogen and oxygen atoms in total. The van der Waals surface area contributed by atoms with Crippen LogP contribution in [0.1, 0.15) is 28.4 Å². The van der Waals surface area contributed by atoms with Gasteiger partial charge < -0.3 is 29.5 Å². The molecule has 0 fully saturated rings. The van der Waals surface area contributed by atoms with Gasteiger partial charge in [0, 0.05) is 36.6 Å². The molecule has 3 heterocycles. The van der Waals surface area contributed by atoms with E-state index in [4.69, 9.17) is 19.9 Å². The second kappa shape index (κ2) is 9.03. The molecule has 1 aliphatic rings. The summed E-state index contributed by atoms with van der Waals surface area (Å²) < 4.78 is 18.9. The SMILES string of the molecule is COc1cc([C@@H]2C(C#N)=C(N)Oc3cc(C)n(CCc4cnc[nH]4)c(=O)c32)cc(Br)c1OC. The van der Waals surface area contributed by atoms with Crippen LogP contribution in [0.15, 0.2) is 51.4 Å². The number of benzene rings is 1. The minimum absolute atomic E-state index is 0.0325. The quantitative estimate of drug-likeness (QED) is 0.520. The average molecular weight is 512 g/mol. The fourth-order valence-corrected chi connectivity index (χ4v) is 4.68. The van der Waals surface area contributed by atoms with Crippen LogP contribution < -0.4 is 25.5 Å². The molecule has 33 heavy (non-hydrogen) atoms. The van der Waals surface area contributed by atoms with E-state index >= 15 is 0 Å². The van der Waals surface area contributed by atoms with E-state index in [1.165, 1.54) is 14.2 Å². The summed E-state index contributed by atoms with van der Waals surface area (Å²) in [6.07, 6.45) is 3.92. The topological polar surface area (TPSA) is 128 Å². The number of H-pyrrole nitrogens is 1. The summed E-state index contributed by atoms with van der Waals surface area (Å²) in [7, 11) is 3.05. The van der Waals surface area contributed by atoms with Crippen LogP contribution in [0.3, 0.4) is 0 Å². The van der Waals surface area contributed by atoms with Crippen molar-refractivity contribution in [1.82, 2.24) is 14.5 Å². The third kappa shape index (κ3) is 3.96. The number of imidazole rings is 1. The summed E-state index contributed by atoms with van der Waals surface area (Å²) in [6.45, 7) is 2.27. The Morgan fingerprint density at radius 3 is 2.76 bits per heavy atom. The van der Waals surface area contributed by atoms with Crippen LogP contribution in [0.4, 0.5) is 0 Å². The molecule has 0 radical (unpaired) electrons. The maximum absolute atomic E-state index is 13.7. The molecular formula is C23H22BrN5O4. The van der Waals surface area contributed by atoms with E-state index in [1.54, 1.807) is 35.3 Å². The number of rotatable bonds is 6. The number of nitriles is 1. The Bertz CT molecular complexity index is 1340. The number of pyridine rings is 1. The lowest BCUT2D eigenvalue weighted by atomic mass is 9.84. The highest BCUT2D eigenvalue weighted by molar-refractivity contribution is 9.10. The first-order valence-electron chi connectivity index (χ1n) is 10.1. The minimum Gasteiger partial charge on any atom is -0.493 e. The molecule has 1 aromatic carbocycles. The van der Waals surface area contributed by atoms with Crippen LogP contribution in [-0.2, 0) is 13.0 Å². The molecule has 0 saturated heterocycles. The zero-order valence-electron chi connectivity index (χ0n) is 18.3. The smallest absolute Gasteiger partial charge is 0.258 e. The Kier molecular flexibility index (Phi) is 6.16. The van der Waals surface area contributed by atoms with Crippen molar-refractivity contribution in [2.45, 2.75) is 25.8 Å². The Morgan fingerprint density at radius 1 is 1.33 bits per heavy atom. The fraction of sp³-hybridized carbons (Fsp3) is 0.261. The zero-order valence-corrected chi connectivity index (χ0v) is 19.9. The van der Waals surface area contributed by atoms with E-state index in [0.717, 1.165) is 11.4 Å². The number of ether oxygens (including phenoxy) is 3. The van der Waals surface area contributed by atoms with Crippen molar-refractivity contribution in [2.75, 3.05) is 14.2 Å². The van der Waals surface area contributed by atoms with E-state index in [2.05, 4.69) is 32.0 Å². The van der Waals surface area contributed by atoms with E-state index in [0.29, 0.717) is 45.8 Å². The number of nitrogens with one attached hydrogen (secondary N) is 1. The maximum atomic E-state index is 13.7. The molecule has 10 heteroatoms. The molecule has 0 aliphatic carbocycles. The lowest BCUT2D eigenvalue weighted by molar-refractivity contribution is 0.352. The van der Waals surface area contributed by atoms with Crippen LogP contribution in [-0.4, -0.2) is 28.8 Å². The third-order valence-corrected chi connectivity index (χ3v) is 6.23. The number of aromatic amines is 1. The summed E-state index contributed by atoms with van der Waals surface area (Å²) in [5.41, 5.74) is 8.63. The first-order chi connectivity index (χ1) is 15.9. The van der Waals surface area contributed by atoms with Gasteiger partial charge in [-0.2, -0.15) is 5.26 Å². The van der Waals surface area contributed by atoms with Crippen molar-refractivity contribution in [1.29, 1.82) is 5.26 Å². The first kappa shape index (κ1) is 22.5. The highest BCUT2D eigenvalue weighted by Gasteiger charge is 2.35. The molecular weight excluding hydrogens is 490 g/mol. The number of aryl methyl sites for hydroxylation is 2. The Labute approximate surface area is 198 Å². The molecule has 0 saturated carbocycles. The van der Waals surface area contributed by atoms with Crippen LogP contribution in [0.2, 0.25) is 0 Å². The Balaban J connectivity index is 1.90. The van der Waals surface area contributed by atoms with Crippen molar-refractivity contribution in [3.05, 3.63) is 79.5 Å². The number of fused-ring (bicyclic) bond motifs is 1. The van der Waals surface area contributed by atoms with E-state index in [-0.39, 0.29) is 17.0 Å². The molecule has 1 atom stereocenters. The third-order valence-electron chi connectivity index (χ3n) is 5.64. The standard InChI is InChI=1S/C23H22BrN5O4/c1-12-6-17-20(23(30)29(12)5-4-14-10-27-11-28-14)19(15(9-25)22(26)33-17)13-7-16(24)21(32-3)18(8-13)31-2/h6-8,10-11,19H,4-5,26H2,1-3H3,(H,27,28)/t19-/m1/s1. The highest BCUT2D eigenvalue weighted by Crippen LogP contribution is 2.45. The average Bonchev–Trinajstić information content (AvgIpc) is 3.31. The Hall–Kier alpha value is -3.71. The highest BCUT2D eigenvalue weighted by atomic mass is 79.9. The molecule has 0 amide bonds. The number of halogens is 1. The summed E-state index contributed by atoms with van der Waals surface area (Å²) >= 11 is 3.49. The maximum Gasteiger partial charge on any atom is 0.258 e. The second-order valence-electron chi connectivity index (χ2n) is 7.51. The van der Waals surface area contributed by atoms with Crippen LogP contribution >= 0.6 is 15.9 Å². The second-order valence-corrected chi connectivity index (χ2v) is 8.36. The first-order valence-corrected chi connectivity index (χ1v) is 10.9. The summed E-state index contributed by atoms with van der Waals surface area (Å²) in [4.78, 5) is 20.8. The molecule has 1 aliphatic heterocycles. The lowest BCUT2D eigenvalue weighted by Gasteiger charge is -2.28. The molecule has 2 aromatic heterocycles. The number of methoxy groups -OCH3 is 2. The summed E-state index contributed by atoms with van der Waals surface area (Å²) in [5, 5.41) is 9.90. The Morgan fingerprint density at radius 2 is 2.12 bits per heavy atom. The number of nitrogens with zero attached hydrogens (tertiary/aromatic N) is 3. The predicted molar refractivity (Wildman–Crippen MR) is 124 cm³/mol. The molecule has 170 valence electrons. The summed E-state index contributed by atoms with van der Waals surface area (Å²) in [5.74, 6) is 0.529. The largest absolute Gasteiger partial charge is 0.493 e. The van der Waals surface area contributed by atoms with Gasteiger partial charge in [-0.15, -0.1) is 0 Å². The fourth-order valence-electron chi connectivity index (χ4n) is 4.06. The van der Waals surface area contributed by atoms with Gasteiger partial charge in [-0.05, 0) is 40.5 Å². The molecule has 0 spiro atoms. The summed E-state index contributed by atoms with van der Waals surface area (Å²) in [6, 6.07) is 7.43. The van der Waals surface area contributed by atoms with Crippen LogP contribution in [0.25, 0.3) is 0 Å². The van der Waals surface area contributed by atoms with E-state index in [9.17, 15) is 10.1 Å².